The van der Waals surface area contributed by atoms with Crippen LogP contribution in [0.4, 0.5) is 0 Å². The monoisotopic (exact) mass is 231 g/mol. The molecule has 2 fully saturated rings. The Balaban J connectivity index is 1.70. The third-order valence-corrected chi connectivity index (χ3v) is 4.42. The van der Waals surface area contributed by atoms with Crippen LogP contribution >= 0.6 is 0 Å². The third kappa shape index (κ3) is 2.24. The van der Waals surface area contributed by atoms with Gasteiger partial charge in [-0.3, -0.25) is 0 Å². The van der Waals surface area contributed by atoms with E-state index >= 15 is 0 Å². The Bertz CT molecular complexity index is 350. The Kier molecular flexibility index (Phi) is 3.17. The molecule has 1 aromatic carbocycles. The molecule has 4 unspecified atom stereocenters. The van der Waals surface area contributed by atoms with E-state index < -0.39 is 0 Å². The molecule has 1 aromatic rings. The maximum atomic E-state index is 10.4. The van der Waals surface area contributed by atoms with Crippen LogP contribution in [0.5, 0.6) is 0 Å². The molecule has 1 saturated heterocycles. The molecule has 17 heavy (non-hydrogen) atoms. The van der Waals surface area contributed by atoms with E-state index in [9.17, 15) is 5.11 Å². The summed E-state index contributed by atoms with van der Waals surface area (Å²) in [7, 11) is 0. The minimum Gasteiger partial charge on any atom is -0.387 e. The number of hydrogen-bond donors (Lipinski definition) is 2. The number of aliphatic hydroxyl groups excluding tert-OH is 1. The zero-order valence-electron chi connectivity index (χ0n) is 10.2. The summed E-state index contributed by atoms with van der Waals surface area (Å²) in [6.45, 7) is 0. The molecule has 0 aromatic heterocycles. The van der Waals surface area contributed by atoms with Crippen molar-refractivity contribution in [3.63, 3.8) is 0 Å². The smallest absolute Gasteiger partial charge is 0.0943 e. The van der Waals surface area contributed by atoms with E-state index in [0.29, 0.717) is 6.04 Å². The molecule has 0 radical (unpaired) electrons. The molecular formula is C15H21NO. The van der Waals surface area contributed by atoms with E-state index in [1.54, 1.807) is 0 Å². The molecule has 0 bridgehead atoms. The zero-order chi connectivity index (χ0) is 11.7. The molecule has 1 saturated carbocycles. The molecule has 3 rings (SSSR count). The van der Waals surface area contributed by atoms with Gasteiger partial charge in [0.25, 0.3) is 0 Å². The predicted molar refractivity (Wildman–Crippen MR) is 68.7 cm³/mol. The molecule has 2 N–H and O–H groups in total. The van der Waals surface area contributed by atoms with Gasteiger partial charge in [0, 0.05) is 12.1 Å². The van der Waals surface area contributed by atoms with Gasteiger partial charge >= 0.3 is 0 Å². The normalized spacial score (nSPS) is 34.3. The summed E-state index contributed by atoms with van der Waals surface area (Å²) in [5.41, 5.74) is 1.05. The fourth-order valence-electron chi connectivity index (χ4n) is 3.48. The lowest BCUT2D eigenvalue weighted by Gasteiger charge is -2.24. The molecule has 2 aliphatic rings. The van der Waals surface area contributed by atoms with Crippen molar-refractivity contribution in [2.75, 3.05) is 0 Å². The number of nitrogens with one attached hydrogen (secondary N) is 1. The van der Waals surface area contributed by atoms with Crippen molar-refractivity contribution in [2.24, 2.45) is 5.92 Å². The summed E-state index contributed by atoms with van der Waals surface area (Å²) in [5.74, 6) is 0.798. The summed E-state index contributed by atoms with van der Waals surface area (Å²) >= 11 is 0. The molecular weight excluding hydrogens is 210 g/mol. The fourth-order valence-corrected chi connectivity index (χ4v) is 3.48. The Labute approximate surface area is 103 Å². The van der Waals surface area contributed by atoms with Crippen LogP contribution in [-0.2, 0) is 0 Å². The first-order valence-corrected chi connectivity index (χ1v) is 6.83. The molecule has 4 atom stereocenters. The summed E-state index contributed by atoms with van der Waals surface area (Å²) in [6.07, 6.45) is 6.15. The SMILES string of the molecule is OC(c1ccccc1)C1CC2CCCCC2N1. The lowest BCUT2D eigenvalue weighted by molar-refractivity contribution is 0.134. The molecule has 0 spiro atoms. The van der Waals surface area contributed by atoms with Crippen molar-refractivity contribution < 1.29 is 5.11 Å². The topological polar surface area (TPSA) is 32.3 Å². The van der Waals surface area contributed by atoms with Gasteiger partial charge in [0.2, 0.25) is 0 Å². The largest absolute Gasteiger partial charge is 0.387 e. The number of fused-ring (bicyclic) bond motifs is 1. The first-order chi connectivity index (χ1) is 8.34. The van der Waals surface area contributed by atoms with Crippen molar-refractivity contribution in [1.29, 1.82) is 0 Å². The Morgan fingerprint density at radius 1 is 1.12 bits per heavy atom. The molecule has 92 valence electrons. The maximum Gasteiger partial charge on any atom is 0.0943 e. The summed E-state index contributed by atoms with van der Waals surface area (Å²) in [6, 6.07) is 11.0. The summed E-state index contributed by atoms with van der Waals surface area (Å²) < 4.78 is 0. The highest BCUT2D eigenvalue weighted by Crippen LogP contribution is 2.36. The lowest BCUT2D eigenvalue weighted by atomic mass is 9.84. The van der Waals surface area contributed by atoms with Gasteiger partial charge < -0.3 is 10.4 Å². The molecule has 2 heteroatoms. The van der Waals surface area contributed by atoms with Gasteiger partial charge in [-0.05, 0) is 30.7 Å². The van der Waals surface area contributed by atoms with E-state index in [1.807, 2.05) is 30.3 Å². The standard InChI is InChI=1S/C15H21NO/c17-15(11-6-2-1-3-7-11)14-10-12-8-4-5-9-13(12)16-14/h1-3,6-7,12-17H,4-5,8-10H2. The minimum absolute atomic E-state index is 0.255. The Morgan fingerprint density at radius 3 is 2.65 bits per heavy atom. The van der Waals surface area contributed by atoms with Crippen LogP contribution < -0.4 is 5.32 Å². The molecule has 0 amide bonds. The van der Waals surface area contributed by atoms with Crippen molar-refractivity contribution in [3.05, 3.63) is 35.9 Å². The van der Waals surface area contributed by atoms with Gasteiger partial charge in [-0.15, -0.1) is 0 Å². The Morgan fingerprint density at radius 2 is 1.88 bits per heavy atom. The quantitative estimate of drug-likeness (QED) is 0.820. The molecule has 2 nitrogen and oxygen atoms in total. The number of hydrogen-bond acceptors (Lipinski definition) is 2. The average molecular weight is 231 g/mol. The highest BCUT2D eigenvalue weighted by Gasteiger charge is 2.38. The van der Waals surface area contributed by atoms with Crippen LogP contribution in [0, 0.1) is 5.92 Å². The van der Waals surface area contributed by atoms with E-state index in [0.717, 1.165) is 17.9 Å². The maximum absolute atomic E-state index is 10.4. The van der Waals surface area contributed by atoms with Gasteiger partial charge in [0.05, 0.1) is 6.10 Å². The van der Waals surface area contributed by atoms with E-state index in [1.165, 1.54) is 25.7 Å². The van der Waals surface area contributed by atoms with Crippen LogP contribution in [-0.4, -0.2) is 17.2 Å². The van der Waals surface area contributed by atoms with Gasteiger partial charge in [-0.1, -0.05) is 43.2 Å². The van der Waals surface area contributed by atoms with Gasteiger partial charge in [0.1, 0.15) is 0 Å². The lowest BCUT2D eigenvalue weighted by Crippen LogP contribution is -2.36. The summed E-state index contributed by atoms with van der Waals surface area (Å²) in [5, 5.41) is 14.0. The molecule has 1 heterocycles. The molecule has 1 aliphatic heterocycles. The van der Waals surface area contributed by atoms with E-state index in [-0.39, 0.29) is 12.1 Å². The molecule has 1 aliphatic carbocycles. The van der Waals surface area contributed by atoms with Crippen LogP contribution in [0.3, 0.4) is 0 Å². The van der Waals surface area contributed by atoms with Crippen LogP contribution in [0.25, 0.3) is 0 Å². The second kappa shape index (κ2) is 4.79. The number of benzene rings is 1. The van der Waals surface area contributed by atoms with Crippen LogP contribution in [0.2, 0.25) is 0 Å². The van der Waals surface area contributed by atoms with E-state index in [4.69, 9.17) is 0 Å². The Hall–Kier alpha value is -0.860. The number of rotatable bonds is 2. The third-order valence-electron chi connectivity index (χ3n) is 4.42. The average Bonchev–Trinajstić information content (AvgIpc) is 2.82. The zero-order valence-corrected chi connectivity index (χ0v) is 10.2. The number of aliphatic hydroxyl groups is 1. The van der Waals surface area contributed by atoms with E-state index in [2.05, 4.69) is 5.32 Å². The fraction of sp³-hybridized carbons (Fsp3) is 0.600. The minimum atomic E-state index is -0.346. The van der Waals surface area contributed by atoms with Gasteiger partial charge in [-0.25, -0.2) is 0 Å². The predicted octanol–water partition coefficient (Wildman–Crippen LogP) is 2.64. The van der Waals surface area contributed by atoms with Crippen molar-refractivity contribution >= 4 is 0 Å². The van der Waals surface area contributed by atoms with Crippen molar-refractivity contribution in [1.82, 2.24) is 5.32 Å². The summed E-state index contributed by atoms with van der Waals surface area (Å²) in [4.78, 5) is 0. The second-order valence-electron chi connectivity index (χ2n) is 5.52. The van der Waals surface area contributed by atoms with Gasteiger partial charge in [0.15, 0.2) is 0 Å². The highest BCUT2D eigenvalue weighted by molar-refractivity contribution is 5.19. The first-order valence-electron chi connectivity index (χ1n) is 6.83. The second-order valence-corrected chi connectivity index (χ2v) is 5.52. The van der Waals surface area contributed by atoms with Crippen LogP contribution in [0.15, 0.2) is 30.3 Å². The van der Waals surface area contributed by atoms with Crippen LogP contribution in [0.1, 0.15) is 43.8 Å². The highest BCUT2D eigenvalue weighted by atomic mass is 16.3. The van der Waals surface area contributed by atoms with Gasteiger partial charge in [-0.2, -0.15) is 0 Å². The van der Waals surface area contributed by atoms with Crippen molar-refractivity contribution in [3.8, 4) is 0 Å². The first kappa shape index (κ1) is 11.2. The van der Waals surface area contributed by atoms with Crippen molar-refractivity contribution in [2.45, 2.75) is 50.3 Å².